The van der Waals surface area contributed by atoms with Crippen LogP contribution in [0, 0.1) is 6.92 Å². The molecule has 0 aromatic heterocycles. The Kier molecular flexibility index (Phi) is 10.4. The Morgan fingerprint density at radius 2 is 1.62 bits per heavy atom. The molecule has 0 heterocycles. The summed E-state index contributed by atoms with van der Waals surface area (Å²) in [5, 5.41) is 13.5. The second-order valence-electron chi connectivity index (χ2n) is 8.54. The van der Waals surface area contributed by atoms with Gasteiger partial charge in [-0.2, -0.15) is 27.1 Å². The van der Waals surface area contributed by atoms with Gasteiger partial charge in [0.25, 0.3) is 16.0 Å². The predicted molar refractivity (Wildman–Crippen MR) is 152 cm³/mol. The molecule has 18 heteroatoms. The number of azo groups is 1. The maximum absolute atomic E-state index is 12.7. The molecule has 3 aromatic rings. The highest BCUT2D eigenvalue weighted by Crippen LogP contribution is 2.34. The number of carbonyl (C=O) groups is 1. The largest absolute Gasteiger partial charge is 0.495 e. The first kappa shape index (κ1) is 32.6. The molecule has 3 rings (SSSR count). The summed E-state index contributed by atoms with van der Waals surface area (Å²) in [4.78, 5) is 12.5. The molecule has 3 aromatic carbocycles. The van der Waals surface area contributed by atoms with Crippen LogP contribution in [0.3, 0.4) is 0 Å². The Labute approximate surface area is 242 Å². The highest BCUT2D eigenvalue weighted by molar-refractivity contribution is 7.91. The lowest BCUT2D eigenvalue weighted by Gasteiger charge is -2.12. The molecule has 226 valence electrons. The van der Waals surface area contributed by atoms with Crippen molar-refractivity contribution in [1.29, 1.82) is 0 Å². The van der Waals surface area contributed by atoms with Crippen LogP contribution in [0.1, 0.15) is 15.9 Å². The van der Waals surface area contributed by atoms with E-state index in [-0.39, 0.29) is 21.9 Å². The smallest absolute Gasteiger partial charge is 0.397 e. The van der Waals surface area contributed by atoms with E-state index in [2.05, 4.69) is 25.0 Å². The average Bonchev–Trinajstić information content (AvgIpc) is 2.90. The second-order valence-corrected chi connectivity index (χ2v) is 13.2. The van der Waals surface area contributed by atoms with Crippen molar-refractivity contribution in [3.63, 3.8) is 0 Å². The summed E-state index contributed by atoms with van der Waals surface area (Å²) in [6.45, 7) is 0.932. The van der Waals surface area contributed by atoms with Crippen LogP contribution in [0.5, 0.6) is 5.75 Å². The third kappa shape index (κ3) is 9.86. The summed E-state index contributed by atoms with van der Waals surface area (Å²) in [7, 11) is -11.6. The van der Waals surface area contributed by atoms with Crippen LogP contribution in [-0.4, -0.2) is 65.6 Å². The fourth-order valence-electron chi connectivity index (χ4n) is 3.39. The van der Waals surface area contributed by atoms with Crippen molar-refractivity contribution >= 4 is 59.0 Å². The average molecular weight is 643 g/mol. The maximum Gasteiger partial charge on any atom is 0.397 e. The van der Waals surface area contributed by atoms with Gasteiger partial charge in [0.15, 0.2) is 9.84 Å². The number of anilines is 2. The van der Waals surface area contributed by atoms with E-state index >= 15 is 0 Å². The number of rotatable bonds is 13. The SMILES string of the molecule is COc1cc(N=Nc2ccc(C(=O)Nc3cccc(S(=O)(=O)CCOS(=O)(=O)O)c3)cc2)c(C)cc1NCS(=O)(=O)O. The summed E-state index contributed by atoms with van der Waals surface area (Å²) in [5.41, 5.74) is 2.18. The molecule has 0 atom stereocenters. The number of amides is 1. The number of ether oxygens (including phenoxy) is 1. The highest BCUT2D eigenvalue weighted by atomic mass is 32.3. The van der Waals surface area contributed by atoms with Crippen LogP contribution in [-0.2, 0) is 34.5 Å². The lowest BCUT2D eigenvalue weighted by Crippen LogP contribution is -2.16. The van der Waals surface area contributed by atoms with Gasteiger partial charge in [-0.1, -0.05) is 6.07 Å². The number of hydrogen-bond donors (Lipinski definition) is 4. The van der Waals surface area contributed by atoms with E-state index in [0.717, 1.165) is 0 Å². The molecular formula is C24H26N4O11S3. The molecule has 0 saturated carbocycles. The number of nitrogens with zero attached hydrogens (tertiary/aromatic N) is 2. The van der Waals surface area contributed by atoms with Crippen molar-refractivity contribution in [3.8, 4) is 5.75 Å². The summed E-state index contributed by atoms with van der Waals surface area (Å²) < 4.78 is 95.0. The van der Waals surface area contributed by atoms with Gasteiger partial charge in [-0.3, -0.25) is 13.9 Å². The number of hydrogen-bond acceptors (Lipinski definition) is 12. The number of benzene rings is 3. The number of nitrogens with one attached hydrogen (secondary N) is 2. The third-order valence-electron chi connectivity index (χ3n) is 5.40. The van der Waals surface area contributed by atoms with Crippen LogP contribution < -0.4 is 15.4 Å². The predicted octanol–water partition coefficient (Wildman–Crippen LogP) is 3.52. The molecular weight excluding hydrogens is 616 g/mol. The Balaban J connectivity index is 1.68. The minimum atomic E-state index is -4.78. The fourth-order valence-corrected chi connectivity index (χ4v) is 5.26. The zero-order valence-corrected chi connectivity index (χ0v) is 24.5. The summed E-state index contributed by atoms with van der Waals surface area (Å²) in [6, 6.07) is 14.5. The zero-order chi connectivity index (χ0) is 31.1. The van der Waals surface area contributed by atoms with E-state index in [4.69, 9.17) is 13.8 Å². The molecule has 0 unspecified atom stereocenters. The Bertz CT molecular complexity index is 1810. The Morgan fingerprint density at radius 1 is 0.929 bits per heavy atom. The van der Waals surface area contributed by atoms with Crippen molar-refractivity contribution in [3.05, 3.63) is 71.8 Å². The van der Waals surface area contributed by atoms with Gasteiger partial charge in [-0.25, -0.2) is 12.6 Å². The number of methoxy groups -OCH3 is 1. The maximum atomic E-state index is 12.7. The van der Waals surface area contributed by atoms with E-state index in [1.807, 2.05) is 0 Å². The molecule has 0 bridgehead atoms. The molecule has 15 nitrogen and oxygen atoms in total. The number of aryl methyl sites for hydroxylation is 1. The first-order chi connectivity index (χ1) is 19.6. The number of sulfone groups is 1. The summed E-state index contributed by atoms with van der Waals surface area (Å²) in [6.07, 6.45) is 0. The fraction of sp³-hybridized carbons (Fsp3) is 0.208. The molecule has 0 radical (unpaired) electrons. The Morgan fingerprint density at radius 3 is 2.24 bits per heavy atom. The minimum absolute atomic E-state index is 0.166. The van der Waals surface area contributed by atoms with Crippen LogP contribution in [0.4, 0.5) is 22.7 Å². The monoisotopic (exact) mass is 642 g/mol. The van der Waals surface area contributed by atoms with E-state index in [9.17, 15) is 30.0 Å². The lowest BCUT2D eigenvalue weighted by molar-refractivity contribution is 0.102. The van der Waals surface area contributed by atoms with Crippen molar-refractivity contribution in [2.24, 2.45) is 10.2 Å². The third-order valence-corrected chi connectivity index (χ3v) is 8.05. The molecule has 0 aliphatic rings. The quantitative estimate of drug-likeness (QED) is 0.155. The van der Waals surface area contributed by atoms with Gasteiger partial charge in [-0.05, 0) is 61.0 Å². The summed E-state index contributed by atoms with van der Waals surface area (Å²) >= 11 is 0. The van der Waals surface area contributed by atoms with Gasteiger partial charge in [0.2, 0.25) is 0 Å². The van der Waals surface area contributed by atoms with Crippen LogP contribution in [0.25, 0.3) is 0 Å². The van der Waals surface area contributed by atoms with Gasteiger partial charge in [-0.15, -0.1) is 0 Å². The van der Waals surface area contributed by atoms with Crippen molar-refractivity contribution in [2.75, 3.05) is 36.0 Å². The molecule has 1 amide bonds. The highest BCUT2D eigenvalue weighted by Gasteiger charge is 2.18. The first-order valence-corrected chi connectivity index (χ1v) is 16.3. The lowest BCUT2D eigenvalue weighted by atomic mass is 10.1. The minimum Gasteiger partial charge on any atom is -0.495 e. The van der Waals surface area contributed by atoms with E-state index < -0.39 is 54.5 Å². The van der Waals surface area contributed by atoms with Crippen LogP contribution in [0.15, 0.2) is 75.8 Å². The summed E-state index contributed by atoms with van der Waals surface area (Å²) in [5.74, 6) is -1.70. The first-order valence-electron chi connectivity index (χ1n) is 11.7. The van der Waals surface area contributed by atoms with E-state index in [1.165, 1.54) is 61.7 Å². The molecule has 0 saturated heterocycles. The van der Waals surface area contributed by atoms with Crippen molar-refractivity contribution in [2.45, 2.75) is 11.8 Å². The topological polar surface area (TPSA) is 227 Å². The van der Waals surface area contributed by atoms with Crippen LogP contribution >= 0.6 is 0 Å². The zero-order valence-electron chi connectivity index (χ0n) is 22.1. The van der Waals surface area contributed by atoms with Gasteiger partial charge in [0, 0.05) is 17.3 Å². The number of carbonyl (C=O) groups excluding carboxylic acids is 1. The molecule has 42 heavy (non-hydrogen) atoms. The second kappa shape index (κ2) is 13.4. The van der Waals surface area contributed by atoms with Crippen molar-refractivity contribution in [1.82, 2.24) is 0 Å². The molecule has 0 spiro atoms. The molecule has 0 aliphatic carbocycles. The standard InChI is InChI=1S/C24H26N4O11S3/c1-16-12-22(25-15-41(32,33)34)23(38-2)14-21(16)28-27-18-8-6-17(7-9-18)24(29)26-19-4-3-5-20(13-19)40(30,31)11-10-39-42(35,36)37/h3-9,12-14,25H,10-11,15H2,1-2H3,(H,26,29)(H,32,33,34)(H,35,36,37). The Hall–Kier alpha value is -3.94. The van der Waals surface area contributed by atoms with E-state index in [1.54, 1.807) is 13.0 Å². The molecule has 4 N–H and O–H groups in total. The molecule has 0 aliphatic heterocycles. The van der Waals surface area contributed by atoms with Gasteiger partial charge >= 0.3 is 10.4 Å². The van der Waals surface area contributed by atoms with Gasteiger partial charge < -0.3 is 15.4 Å². The van der Waals surface area contributed by atoms with Crippen molar-refractivity contribution < 1.29 is 48.1 Å². The van der Waals surface area contributed by atoms with Gasteiger partial charge in [0.1, 0.15) is 11.6 Å². The van der Waals surface area contributed by atoms with E-state index in [0.29, 0.717) is 22.6 Å². The van der Waals surface area contributed by atoms with Gasteiger partial charge in [0.05, 0.1) is 41.4 Å². The van der Waals surface area contributed by atoms with Crippen LogP contribution in [0.2, 0.25) is 0 Å². The normalized spacial score (nSPS) is 12.3. The molecule has 0 fully saturated rings.